The minimum Gasteiger partial charge on any atom is -0.507 e. The Kier molecular flexibility index (Phi) is 9.31. The number of carbonyl (C=O) groups excluding carboxylic acids is 1. The molecule has 4 heteroatoms. The lowest BCUT2D eigenvalue weighted by molar-refractivity contribution is 0.0546. The third kappa shape index (κ3) is 6.70. The van der Waals surface area contributed by atoms with Gasteiger partial charge in [-0.2, -0.15) is 0 Å². The predicted molar refractivity (Wildman–Crippen MR) is 70.8 cm³/mol. The van der Waals surface area contributed by atoms with Crippen molar-refractivity contribution in [2.75, 3.05) is 19.8 Å². The van der Waals surface area contributed by atoms with Crippen LogP contribution in [-0.4, -0.2) is 30.9 Å². The average molecular weight is 252 g/mol. The zero-order chi connectivity index (χ0) is 13.8. The number of hydrogen-bond acceptors (Lipinski definition) is 4. The molecule has 1 aromatic carbocycles. The first kappa shape index (κ1) is 16.2. The molecule has 0 aliphatic rings. The van der Waals surface area contributed by atoms with Crippen molar-refractivity contribution < 1.29 is 19.4 Å². The number of esters is 1. The molecular weight excluding hydrogens is 232 g/mol. The maximum absolute atomic E-state index is 11.2. The van der Waals surface area contributed by atoms with Crippen LogP contribution in [-0.2, 0) is 9.47 Å². The highest BCUT2D eigenvalue weighted by molar-refractivity contribution is 5.92. The fourth-order valence-electron chi connectivity index (χ4n) is 1.06. The number of para-hydroxylation sites is 1. The van der Waals surface area contributed by atoms with Gasteiger partial charge in [0, 0.05) is 13.2 Å². The SMILES string of the molecule is C=CCOC(=O)c1ccccc1O.CCOCC. The summed E-state index contributed by atoms with van der Waals surface area (Å²) in [7, 11) is 0. The third-order valence-corrected chi connectivity index (χ3v) is 1.86. The number of ether oxygens (including phenoxy) is 2. The molecule has 0 aliphatic carbocycles. The summed E-state index contributed by atoms with van der Waals surface area (Å²) in [5.74, 6) is -0.616. The number of aromatic hydroxyl groups is 1. The second-order valence-corrected chi connectivity index (χ2v) is 3.19. The number of rotatable bonds is 5. The van der Waals surface area contributed by atoms with Gasteiger partial charge in [0.05, 0.1) is 0 Å². The highest BCUT2D eigenvalue weighted by Gasteiger charge is 2.09. The van der Waals surface area contributed by atoms with Crippen molar-refractivity contribution in [2.45, 2.75) is 13.8 Å². The van der Waals surface area contributed by atoms with Crippen LogP contribution >= 0.6 is 0 Å². The Morgan fingerprint density at radius 2 is 1.94 bits per heavy atom. The molecule has 100 valence electrons. The molecule has 1 rings (SSSR count). The van der Waals surface area contributed by atoms with Crippen molar-refractivity contribution in [2.24, 2.45) is 0 Å². The van der Waals surface area contributed by atoms with Gasteiger partial charge in [-0.3, -0.25) is 0 Å². The van der Waals surface area contributed by atoms with Crippen molar-refractivity contribution in [3.63, 3.8) is 0 Å². The van der Waals surface area contributed by atoms with E-state index in [0.717, 1.165) is 13.2 Å². The van der Waals surface area contributed by atoms with Crippen LogP contribution in [0.2, 0.25) is 0 Å². The van der Waals surface area contributed by atoms with Crippen molar-refractivity contribution in [1.82, 2.24) is 0 Å². The Hall–Kier alpha value is -1.81. The smallest absolute Gasteiger partial charge is 0.342 e. The van der Waals surface area contributed by atoms with E-state index < -0.39 is 5.97 Å². The topological polar surface area (TPSA) is 55.8 Å². The summed E-state index contributed by atoms with van der Waals surface area (Å²) in [6.07, 6.45) is 1.47. The maximum atomic E-state index is 11.2. The summed E-state index contributed by atoms with van der Waals surface area (Å²) in [5.41, 5.74) is 0.171. The second-order valence-electron chi connectivity index (χ2n) is 3.19. The molecule has 0 unspecified atom stereocenters. The van der Waals surface area contributed by atoms with E-state index in [0.29, 0.717) is 0 Å². The zero-order valence-electron chi connectivity index (χ0n) is 10.9. The summed E-state index contributed by atoms with van der Waals surface area (Å²) in [6.45, 7) is 9.22. The normalized spacial score (nSPS) is 9.00. The van der Waals surface area contributed by atoms with Gasteiger partial charge in [0.15, 0.2) is 0 Å². The van der Waals surface area contributed by atoms with Gasteiger partial charge in [-0.25, -0.2) is 4.79 Å². The van der Waals surface area contributed by atoms with E-state index >= 15 is 0 Å². The average Bonchev–Trinajstić information content (AvgIpc) is 2.38. The van der Waals surface area contributed by atoms with Gasteiger partial charge in [0.1, 0.15) is 17.9 Å². The molecule has 1 aromatic rings. The van der Waals surface area contributed by atoms with E-state index in [2.05, 4.69) is 6.58 Å². The summed E-state index contributed by atoms with van der Waals surface area (Å²) in [5, 5.41) is 9.25. The Morgan fingerprint density at radius 1 is 1.33 bits per heavy atom. The Morgan fingerprint density at radius 3 is 2.39 bits per heavy atom. The molecule has 0 saturated heterocycles. The molecule has 1 N–H and O–H groups in total. The zero-order valence-corrected chi connectivity index (χ0v) is 10.9. The largest absolute Gasteiger partial charge is 0.507 e. The first-order valence-corrected chi connectivity index (χ1v) is 5.81. The van der Waals surface area contributed by atoms with E-state index in [1.807, 2.05) is 13.8 Å². The van der Waals surface area contributed by atoms with Crippen LogP contribution in [0.4, 0.5) is 0 Å². The minimum absolute atomic E-state index is 0.0726. The van der Waals surface area contributed by atoms with E-state index in [-0.39, 0.29) is 17.9 Å². The van der Waals surface area contributed by atoms with Crippen LogP contribution in [0, 0.1) is 0 Å². The van der Waals surface area contributed by atoms with E-state index in [1.165, 1.54) is 18.2 Å². The van der Waals surface area contributed by atoms with E-state index in [9.17, 15) is 9.90 Å². The first-order chi connectivity index (χ1) is 8.67. The van der Waals surface area contributed by atoms with Crippen LogP contribution in [0.1, 0.15) is 24.2 Å². The van der Waals surface area contributed by atoms with Gasteiger partial charge < -0.3 is 14.6 Å². The molecule has 0 fully saturated rings. The van der Waals surface area contributed by atoms with E-state index in [1.54, 1.807) is 12.1 Å². The summed E-state index contributed by atoms with van der Waals surface area (Å²) >= 11 is 0. The molecule has 18 heavy (non-hydrogen) atoms. The summed E-state index contributed by atoms with van der Waals surface area (Å²) in [4.78, 5) is 11.2. The van der Waals surface area contributed by atoms with Crippen molar-refractivity contribution >= 4 is 5.97 Å². The van der Waals surface area contributed by atoms with Gasteiger partial charge in [-0.15, -0.1) is 0 Å². The Balaban J connectivity index is 0.000000494. The number of benzene rings is 1. The Labute approximate surface area is 108 Å². The number of hydrogen-bond donors (Lipinski definition) is 1. The fraction of sp³-hybridized carbons (Fsp3) is 0.357. The van der Waals surface area contributed by atoms with Crippen LogP contribution in [0.3, 0.4) is 0 Å². The molecule has 0 aromatic heterocycles. The van der Waals surface area contributed by atoms with Crippen molar-refractivity contribution in [3.05, 3.63) is 42.5 Å². The van der Waals surface area contributed by atoms with Crippen LogP contribution in [0.15, 0.2) is 36.9 Å². The van der Waals surface area contributed by atoms with Crippen molar-refractivity contribution in [1.29, 1.82) is 0 Å². The molecule has 0 atom stereocenters. The number of phenols is 1. The van der Waals surface area contributed by atoms with Gasteiger partial charge in [-0.1, -0.05) is 24.8 Å². The molecule has 0 spiro atoms. The monoisotopic (exact) mass is 252 g/mol. The lowest BCUT2D eigenvalue weighted by Crippen LogP contribution is -2.04. The van der Waals surface area contributed by atoms with Crippen LogP contribution in [0.25, 0.3) is 0 Å². The molecule has 0 heterocycles. The summed E-state index contributed by atoms with van der Waals surface area (Å²) in [6, 6.07) is 6.23. The molecular formula is C14H20O4. The van der Waals surface area contributed by atoms with Crippen LogP contribution < -0.4 is 0 Å². The molecule has 0 radical (unpaired) electrons. The van der Waals surface area contributed by atoms with Gasteiger partial charge >= 0.3 is 5.97 Å². The molecule has 0 amide bonds. The van der Waals surface area contributed by atoms with Gasteiger partial charge in [0.2, 0.25) is 0 Å². The molecule has 0 saturated carbocycles. The highest BCUT2D eigenvalue weighted by atomic mass is 16.5. The molecule has 4 nitrogen and oxygen atoms in total. The lowest BCUT2D eigenvalue weighted by atomic mass is 10.2. The minimum atomic E-state index is -0.544. The quantitative estimate of drug-likeness (QED) is 0.646. The van der Waals surface area contributed by atoms with Gasteiger partial charge in [-0.05, 0) is 26.0 Å². The van der Waals surface area contributed by atoms with Crippen LogP contribution in [0.5, 0.6) is 5.75 Å². The number of phenolic OH excluding ortho intramolecular Hbond substituents is 1. The van der Waals surface area contributed by atoms with Crippen molar-refractivity contribution in [3.8, 4) is 5.75 Å². The second kappa shape index (κ2) is 10.4. The predicted octanol–water partition coefficient (Wildman–Crippen LogP) is 2.78. The Bertz CT molecular complexity index is 359. The fourth-order valence-corrected chi connectivity index (χ4v) is 1.06. The highest BCUT2D eigenvalue weighted by Crippen LogP contribution is 2.16. The maximum Gasteiger partial charge on any atom is 0.342 e. The number of carbonyl (C=O) groups is 1. The third-order valence-electron chi connectivity index (χ3n) is 1.86. The first-order valence-electron chi connectivity index (χ1n) is 5.81. The molecule has 0 bridgehead atoms. The standard InChI is InChI=1S/C10H10O3.C4H10O/c1-2-7-13-10(12)8-5-3-4-6-9(8)11;1-3-5-4-2/h2-6,11H,1,7H2;3-4H2,1-2H3. The van der Waals surface area contributed by atoms with E-state index in [4.69, 9.17) is 9.47 Å². The van der Waals surface area contributed by atoms with Gasteiger partial charge in [0.25, 0.3) is 0 Å². The summed E-state index contributed by atoms with van der Waals surface area (Å²) < 4.78 is 9.57. The molecule has 0 aliphatic heterocycles. The lowest BCUT2D eigenvalue weighted by Gasteiger charge is -2.02.